The van der Waals surface area contributed by atoms with Crippen LogP contribution in [0.2, 0.25) is 0 Å². The van der Waals surface area contributed by atoms with Crippen molar-refractivity contribution in [2.75, 3.05) is 25.6 Å². The molecule has 1 aliphatic heterocycles. The van der Waals surface area contributed by atoms with E-state index in [9.17, 15) is 19.7 Å². The Morgan fingerprint density at radius 3 is 2.73 bits per heavy atom. The maximum atomic E-state index is 13.1. The van der Waals surface area contributed by atoms with Gasteiger partial charge in [-0.05, 0) is 49.6 Å². The van der Waals surface area contributed by atoms with Crippen LogP contribution in [0.3, 0.4) is 0 Å². The number of anilines is 1. The van der Waals surface area contributed by atoms with Crippen molar-refractivity contribution >= 4 is 45.8 Å². The zero-order valence-electron chi connectivity index (χ0n) is 18.7. The minimum Gasteiger partial charge on any atom is -0.385 e. The van der Waals surface area contributed by atoms with Crippen molar-refractivity contribution in [2.45, 2.75) is 31.9 Å². The van der Waals surface area contributed by atoms with Gasteiger partial charge in [0, 0.05) is 44.5 Å². The third-order valence-corrected chi connectivity index (χ3v) is 6.35. The molecule has 174 valence electrons. The number of benzene rings is 2. The first-order valence-electron chi connectivity index (χ1n) is 10.5. The number of amides is 2. The van der Waals surface area contributed by atoms with Crippen molar-refractivity contribution in [1.29, 1.82) is 0 Å². The van der Waals surface area contributed by atoms with Gasteiger partial charge in [0.05, 0.1) is 10.6 Å². The van der Waals surface area contributed by atoms with E-state index in [2.05, 4.69) is 10.3 Å². The number of aliphatic imine (C=N–C) groups is 1. The van der Waals surface area contributed by atoms with Crippen LogP contribution in [-0.4, -0.2) is 52.3 Å². The summed E-state index contributed by atoms with van der Waals surface area (Å²) in [6, 6.07) is 11.5. The van der Waals surface area contributed by atoms with Gasteiger partial charge in [0.1, 0.15) is 5.25 Å². The number of rotatable bonds is 9. The zero-order chi connectivity index (χ0) is 24.0. The minimum absolute atomic E-state index is 0.0705. The second-order valence-electron chi connectivity index (χ2n) is 7.67. The number of nitro benzene ring substituents is 1. The first-order valence-corrected chi connectivity index (χ1v) is 11.3. The van der Waals surface area contributed by atoms with Gasteiger partial charge in [0.15, 0.2) is 5.17 Å². The number of nitrogens with zero attached hydrogens (tertiary/aromatic N) is 3. The van der Waals surface area contributed by atoms with Crippen molar-refractivity contribution in [2.24, 2.45) is 4.99 Å². The third kappa shape index (κ3) is 6.39. The largest absolute Gasteiger partial charge is 0.385 e. The Morgan fingerprint density at radius 1 is 1.24 bits per heavy atom. The molecule has 0 aliphatic carbocycles. The molecular formula is C23H26N4O5S. The summed E-state index contributed by atoms with van der Waals surface area (Å²) in [6.07, 6.45) is 0.570. The first kappa shape index (κ1) is 24.4. The lowest BCUT2D eigenvalue weighted by molar-refractivity contribution is -0.384. The SMILES string of the molecule is COCCCN1C(=O)[C@@H](CC(=O)Nc2cccc([N+](=O)[O-])c2)SC1=Nc1ccc(C)c(C)c1. The van der Waals surface area contributed by atoms with E-state index in [1.165, 1.54) is 30.0 Å². The van der Waals surface area contributed by atoms with E-state index in [0.717, 1.165) is 16.8 Å². The molecule has 2 aromatic carbocycles. The predicted octanol–water partition coefficient (Wildman–Crippen LogP) is 4.21. The molecule has 2 amide bonds. The van der Waals surface area contributed by atoms with E-state index >= 15 is 0 Å². The molecule has 33 heavy (non-hydrogen) atoms. The Bertz CT molecular complexity index is 1090. The maximum Gasteiger partial charge on any atom is 0.271 e. The van der Waals surface area contributed by atoms with E-state index in [-0.39, 0.29) is 18.0 Å². The van der Waals surface area contributed by atoms with Gasteiger partial charge in [0.2, 0.25) is 11.8 Å². The molecule has 0 radical (unpaired) electrons. The molecule has 3 rings (SSSR count). The van der Waals surface area contributed by atoms with Gasteiger partial charge < -0.3 is 10.1 Å². The van der Waals surface area contributed by atoms with E-state index < -0.39 is 16.1 Å². The normalized spacial score (nSPS) is 16.9. The number of carbonyl (C=O) groups is 2. The second kappa shape index (κ2) is 11.1. The molecule has 1 saturated heterocycles. The van der Waals surface area contributed by atoms with Gasteiger partial charge in [-0.15, -0.1) is 0 Å². The lowest BCUT2D eigenvalue weighted by Gasteiger charge is -2.16. The van der Waals surface area contributed by atoms with Gasteiger partial charge >= 0.3 is 0 Å². The summed E-state index contributed by atoms with van der Waals surface area (Å²) < 4.78 is 5.11. The number of ether oxygens (including phenoxy) is 1. The fourth-order valence-corrected chi connectivity index (χ4v) is 4.46. The summed E-state index contributed by atoms with van der Waals surface area (Å²) in [6.45, 7) is 4.96. The van der Waals surface area contributed by atoms with Crippen molar-refractivity contribution in [3.05, 3.63) is 63.7 Å². The summed E-state index contributed by atoms with van der Waals surface area (Å²) in [5, 5.41) is 13.5. The van der Waals surface area contributed by atoms with Crippen LogP contribution >= 0.6 is 11.8 Å². The third-order valence-electron chi connectivity index (χ3n) is 5.18. The second-order valence-corrected chi connectivity index (χ2v) is 8.84. The molecule has 2 aromatic rings. The average molecular weight is 471 g/mol. The molecule has 0 aromatic heterocycles. The van der Waals surface area contributed by atoms with Crippen LogP contribution < -0.4 is 5.32 Å². The van der Waals surface area contributed by atoms with Crippen LogP contribution in [0.5, 0.6) is 0 Å². The Hall–Kier alpha value is -3.24. The monoisotopic (exact) mass is 470 g/mol. The number of nitro groups is 1. The van der Waals surface area contributed by atoms with Crippen LogP contribution in [0, 0.1) is 24.0 Å². The lowest BCUT2D eigenvalue weighted by Crippen LogP contribution is -2.34. The van der Waals surface area contributed by atoms with E-state index in [1.54, 1.807) is 18.1 Å². The highest BCUT2D eigenvalue weighted by Gasteiger charge is 2.39. The molecule has 0 unspecified atom stereocenters. The highest BCUT2D eigenvalue weighted by atomic mass is 32.2. The number of hydrogen-bond acceptors (Lipinski definition) is 7. The average Bonchev–Trinajstić information content (AvgIpc) is 3.05. The number of methoxy groups -OCH3 is 1. The molecule has 1 fully saturated rings. The maximum absolute atomic E-state index is 13.1. The molecule has 1 atom stereocenters. The molecule has 0 bridgehead atoms. The van der Waals surface area contributed by atoms with Gasteiger partial charge in [-0.2, -0.15) is 0 Å². The number of nitrogens with one attached hydrogen (secondary N) is 1. The van der Waals surface area contributed by atoms with Crippen LogP contribution in [0.1, 0.15) is 24.0 Å². The number of hydrogen-bond donors (Lipinski definition) is 1. The highest BCUT2D eigenvalue weighted by Crippen LogP contribution is 2.32. The lowest BCUT2D eigenvalue weighted by atomic mass is 10.1. The molecule has 1 heterocycles. The summed E-state index contributed by atoms with van der Waals surface area (Å²) in [7, 11) is 1.60. The first-order chi connectivity index (χ1) is 15.8. The fraction of sp³-hybridized carbons (Fsp3) is 0.348. The van der Waals surface area contributed by atoms with E-state index in [0.29, 0.717) is 30.4 Å². The number of thioether (sulfide) groups is 1. The Balaban J connectivity index is 1.75. The minimum atomic E-state index is -0.628. The summed E-state index contributed by atoms with van der Waals surface area (Å²) >= 11 is 1.25. The van der Waals surface area contributed by atoms with Crippen molar-refractivity contribution < 1.29 is 19.2 Å². The Kier molecular flexibility index (Phi) is 8.18. The Labute approximate surface area is 196 Å². The highest BCUT2D eigenvalue weighted by molar-refractivity contribution is 8.15. The summed E-state index contributed by atoms with van der Waals surface area (Å²) in [5.41, 5.74) is 3.19. The molecule has 1 N–H and O–H groups in total. The van der Waals surface area contributed by atoms with E-state index in [4.69, 9.17) is 4.74 Å². The topological polar surface area (TPSA) is 114 Å². The molecule has 0 spiro atoms. The molecule has 1 aliphatic rings. The molecule has 0 saturated carbocycles. The molecule has 9 nitrogen and oxygen atoms in total. The van der Waals surface area contributed by atoms with Gasteiger partial charge in [-0.3, -0.25) is 24.6 Å². The smallest absolute Gasteiger partial charge is 0.271 e. The molecular weight excluding hydrogens is 444 g/mol. The Morgan fingerprint density at radius 2 is 2.03 bits per heavy atom. The molecule has 10 heteroatoms. The number of carbonyl (C=O) groups excluding carboxylic acids is 2. The van der Waals surface area contributed by atoms with Gasteiger partial charge in [-0.1, -0.05) is 23.9 Å². The summed E-state index contributed by atoms with van der Waals surface area (Å²) in [5.74, 6) is -0.585. The van der Waals surface area contributed by atoms with Gasteiger partial charge in [-0.25, -0.2) is 4.99 Å². The number of amidine groups is 1. The van der Waals surface area contributed by atoms with Crippen molar-refractivity contribution in [1.82, 2.24) is 4.90 Å². The zero-order valence-corrected chi connectivity index (χ0v) is 19.6. The summed E-state index contributed by atoms with van der Waals surface area (Å²) in [4.78, 5) is 42.4. The van der Waals surface area contributed by atoms with E-state index in [1.807, 2.05) is 32.0 Å². The predicted molar refractivity (Wildman–Crippen MR) is 129 cm³/mol. The quantitative estimate of drug-likeness (QED) is 0.334. The number of non-ortho nitro benzene ring substituents is 1. The van der Waals surface area contributed by atoms with Crippen LogP contribution in [-0.2, 0) is 14.3 Å². The van der Waals surface area contributed by atoms with Crippen LogP contribution in [0.25, 0.3) is 0 Å². The number of aryl methyl sites for hydroxylation is 2. The van der Waals surface area contributed by atoms with Gasteiger partial charge in [0.25, 0.3) is 5.69 Å². The standard InChI is InChI=1S/C23H26N4O5S/c1-15-8-9-18(12-16(15)2)25-23-26(10-5-11-32-3)22(29)20(33-23)14-21(28)24-17-6-4-7-19(13-17)27(30)31/h4,6-9,12-13,20H,5,10-11,14H2,1-3H3,(H,24,28)/t20-/m1/s1. The van der Waals surface area contributed by atoms with Crippen LogP contribution in [0.15, 0.2) is 47.5 Å². The van der Waals surface area contributed by atoms with Crippen molar-refractivity contribution in [3.63, 3.8) is 0 Å². The van der Waals surface area contributed by atoms with Crippen LogP contribution in [0.4, 0.5) is 17.1 Å². The fourth-order valence-electron chi connectivity index (χ4n) is 3.28. The van der Waals surface area contributed by atoms with Crippen molar-refractivity contribution in [3.8, 4) is 0 Å².